The Labute approximate surface area is 113 Å². The first-order valence-corrected chi connectivity index (χ1v) is 5.60. The van der Waals surface area contributed by atoms with Crippen LogP contribution in [0.5, 0.6) is 0 Å². The van der Waals surface area contributed by atoms with Gasteiger partial charge in [0.2, 0.25) is 0 Å². The SMILES string of the molecule is Cn1cc(C(NC(=O)Nc2cncnc2)C(=O)O)cn1. The summed E-state index contributed by atoms with van der Waals surface area (Å²) in [6, 6.07) is -1.86. The van der Waals surface area contributed by atoms with Crippen molar-refractivity contribution in [1.29, 1.82) is 0 Å². The summed E-state index contributed by atoms with van der Waals surface area (Å²) in [6.07, 6.45) is 7.01. The number of aliphatic carboxylic acids is 1. The second-order valence-corrected chi connectivity index (χ2v) is 3.94. The lowest BCUT2D eigenvalue weighted by atomic mass is 10.1. The van der Waals surface area contributed by atoms with Crippen LogP contribution in [0, 0.1) is 0 Å². The van der Waals surface area contributed by atoms with E-state index in [-0.39, 0.29) is 0 Å². The van der Waals surface area contributed by atoms with Gasteiger partial charge >= 0.3 is 12.0 Å². The molecule has 0 bridgehead atoms. The third kappa shape index (κ3) is 3.28. The number of amides is 2. The molecule has 0 fully saturated rings. The highest BCUT2D eigenvalue weighted by molar-refractivity contribution is 5.92. The van der Waals surface area contributed by atoms with Gasteiger partial charge in [0.05, 0.1) is 24.3 Å². The average Bonchev–Trinajstić information content (AvgIpc) is 2.83. The number of aryl methyl sites for hydroxylation is 1. The Morgan fingerprint density at radius 2 is 2.00 bits per heavy atom. The molecular weight excluding hydrogens is 264 g/mol. The maximum atomic E-state index is 11.7. The summed E-state index contributed by atoms with van der Waals surface area (Å²) in [5, 5.41) is 17.8. The van der Waals surface area contributed by atoms with E-state index >= 15 is 0 Å². The number of nitrogens with zero attached hydrogens (tertiary/aromatic N) is 4. The predicted octanol–water partition coefficient (Wildman–Crippen LogP) is 0.157. The van der Waals surface area contributed by atoms with Gasteiger partial charge in [0.15, 0.2) is 6.04 Å². The van der Waals surface area contributed by atoms with Crippen molar-refractivity contribution in [2.75, 3.05) is 5.32 Å². The number of rotatable bonds is 4. The minimum absolute atomic E-state index is 0.361. The van der Waals surface area contributed by atoms with Gasteiger partial charge in [-0.2, -0.15) is 5.10 Å². The number of carboxylic acids is 1. The highest BCUT2D eigenvalue weighted by Gasteiger charge is 2.23. The second-order valence-electron chi connectivity index (χ2n) is 3.94. The molecule has 0 spiro atoms. The van der Waals surface area contributed by atoms with Crippen LogP contribution in [0.15, 0.2) is 31.1 Å². The van der Waals surface area contributed by atoms with Gasteiger partial charge in [-0.3, -0.25) is 4.68 Å². The first-order chi connectivity index (χ1) is 9.56. The number of hydrogen-bond donors (Lipinski definition) is 3. The van der Waals surface area contributed by atoms with Crippen LogP contribution in [0.3, 0.4) is 0 Å². The van der Waals surface area contributed by atoms with Crippen molar-refractivity contribution in [3.05, 3.63) is 36.7 Å². The van der Waals surface area contributed by atoms with E-state index < -0.39 is 18.0 Å². The largest absolute Gasteiger partial charge is 0.479 e. The lowest BCUT2D eigenvalue weighted by Crippen LogP contribution is -2.36. The lowest BCUT2D eigenvalue weighted by Gasteiger charge is -2.13. The summed E-state index contributed by atoms with van der Waals surface area (Å²) in [4.78, 5) is 30.4. The van der Waals surface area contributed by atoms with Crippen LogP contribution in [0.2, 0.25) is 0 Å². The first kappa shape index (κ1) is 13.5. The number of hydrogen-bond acceptors (Lipinski definition) is 5. The third-order valence-corrected chi connectivity index (χ3v) is 2.40. The van der Waals surface area contributed by atoms with Crippen LogP contribution in [0.1, 0.15) is 11.6 Å². The number of nitrogens with one attached hydrogen (secondary N) is 2. The number of anilines is 1. The van der Waals surface area contributed by atoms with Crippen LogP contribution >= 0.6 is 0 Å². The molecule has 2 amide bonds. The molecule has 9 nitrogen and oxygen atoms in total. The molecule has 0 aliphatic heterocycles. The third-order valence-electron chi connectivity index (χ3n) is 2.40. The molecule has 2 aromatic rings. The topological polar surface area (TPSA) is 122 Å². The Balaban J connectivity index is 2.05. The van der Waals surface area contributed by atoms with Crippen molar-refractivity contribution in [2.24, 2.45) is 7.05 Å². The molecule has 104 valence electrons. The van der Waals surface area contributed by atoms with Gasteiger partial charge in [-0.1, -0.05) is 0 Å². The Bertz CT molecular complexity index is 612. The molecule has 2 rings (SSSR count). The van der Waals surface area contributed by atoms with E-state index in [4.69, 9.17) is 5.11 Å². The fraction of sp³-hybridized carbons (Fsp3) is 0.182. The Morgan fingerprint density at radius 3 is 2.55 bits per heavy atom. The van der Waals surface area contributed by atoms with Crippen molar-refractivity contribution in [3.8, 4) is 0 Å². The summed E-state index contributed by atoms with van der Waals surface area (Å²) in [5.74, 6) is -1.18. The van der Waals surface area contributed by atoms with Crippen LogP contribution in [0.4, 0.5) is 10.5 Å². The highest BCUT2D eigenvalue weighted by Crippen LogP contribution is 2.12. The molecule has 0 aromatic carbocycles. The van der Waals surface area contributed by atoms with E-state index in [2.05, 4.69) is 25.7 Å². The molecule has 2 heterocycles. The Morgan fingerprint density at radius 1 is 1.30 bits per heavy atom. The minimum Gasteiger partial charge on any atom is -0.479 e. The molecule has 0 saturated heterocycles. The number of urea groups is 1. The predicted molar refractivity (Wildman–Crippen MR) is 67.8 cm³/mol. The van der Waals surface area contributed by atoms with Crippen LogP contribution in [0.25, 0.3) is 0 Å². The zero-order valence-electron chi connectivity index (χ0n) is 10.5. The molecule has 1 unspecified atom stereocenters. The van der Waals surface area contributed by atoms with Crippen molar-refractivity contribution in [2.45, 2.75) is 6.04 Å². The van der Waals surface area contributed by atoms with Gasteiger partial charge in [0, 0.05) is 18.8 Å². The van der Waals surface area contributed by atoms with Gasteiger partial charge in [0.25, 0.3) is 0 Å². The first-order valence-electron chi connectivity index (χ1n) is 5.60. The van der Waals surface area contributed by atoms with Crippen molar-refractivity contribution in [1.82, 2.24) is 25.1 Å². The Kier molecular flexibility index (Phi) is 3.89. The standard InChI is InChI=1S/C11H12N6O3/c1-17-5-7(2-14-17)9(10(18)19)16-11(20)15-8-3-12-6-13-4-8/h2-6,9H,1H3,(H,18,19)(H2,15,16,20). The van der Waals surface area contributed by atoms with E-state index in [1.54, 1.807) is 7.05 Å². The molecule has 3 N–H and O–H groups in total. The fourth-order valence-electron chi connectivity index (χ4n) is 1.54. The summed E-state index contributed by atoms with van der Waals surface area (Å²) < 4.78 is 1.45. The van der Waals surface area contributed by atoms with Crippen molar-refractivity contribution >= 4 is 17.7 Å². The van der Waals surface area contributed by atoms with Crippen molar-refractivity contribution in [3.63, 3.8) is 0 Å². The monoisotopic (exact) mass is 276 g/mol. The molecule has 9 heteroatoms. The molecule has 0 radical (unpaired) electrons. The minimum atomic E-state index is -1.19. The van der Waals surface area contributed by atoms with E-state index in [9.17, 15) is 9.59 Å². The van der Waals surface area contributed by atoms with E-state index in [1.807, 2.05) is 0 Å². The average molecular weight is 276 g/mol. The quantitative estimate of drug-likeness (QED) is 0.731. The molecule has 2 aromatic heterocycles. The van der Waals surface area contributed by atoms with Crippen LogP contribution < -0.4 is 10.6 Å². The number of carboxylic acid groups (broad SMARTS) is 1. The normalized spacial score (nSPS) is 11.7. The zero-order chi connectivity index (χ0) is 14.5. The van der Waals surface area contributed by atoms with Crippen molar-refractivity contribution < 1.29 is 14.7 Å². The number of aromatic nitrogens is 4. The van der Waals surface area contributed by atoms with Gasteiger partial charge in [-0.05, 0) is 0 Å². The summed E-state index contributed by atoms with van der Waals surface area (Å²) in [7, 11) is 1.66. The summed E-state index contributed by atoms with van der Waals surface area (Å²) in [6.45, 7) is 0. The highest BCUT2D eigenvalue weighted by atomic mass is 16.4. The maximum absolute atomic E-state index is 11.7. The number of carbonyl (C=O) groups excluding carboxylic acids is 1. The smallest absolute Gasteiger partial charge is 0.331 e. The van der Waals surface area contributed by atoms with Crippen LogP contribution in [-0.4, -0.2) is 36.9 Å². The zero-order valence-corrected chi connectivity index (χ0v) is 10.5. The Hall–Kier alpha value is -2.97. The molecular formula is C11H12N6O3. The van der Waals surface area contributed by atoms with E-state index in [1.165, 1.54) is 35.8 Å². The lowest BCUT2D eigenvalue weighted by molar-refractivity contribution is -0.139. The fourth-order valence-corrected chi connectivity index (χ4v) is 1.54. The maximum Gasteiger partial charge on any atom is 0.331 e. The van der Waals surface area contributed by atoms with Crippen LogP contribution in [-0.2, 0) is 11.8 Å². The molecule has 0 aliphatic rings. The molecule has 0 saturated carbocycles. The molecule has 1 atom stereocenters. The van der Waals surface area contributed by atoms with E-state index in [0.717, 1.165) is 0 Å². The molecule has 20 heavy (non-hydrogen) atoms. The number of carbonyl (C=O) groups is 2. The second kappa shape index (κ2) is 5.78. The van der Waals surface area contributed by atoms with Gasteiger partial charge in [0.1, 0.15) is 6.33 Å². The van der Waals surface area contributed by atoms with Gasteiger partial charge in [-0.15, -0.1) is 0 Å². The summed E-state index contributed by atoms with van der Waals surface area (Å²) >= 11 is 0. The summed E-state index contributed by atoms with van der Waals surface area (Å²) in [5.41, 5.74) is 0.736. The van der Waals surface area contributed by atoms with E-state index in [0.29, 0.717) is 11.3 Å². The van der Waals surface area contributed by atoms with Gasteiger partial charge in [-0.25, -0.2) is 19.6 Å². The van der Waals surface area contributed by atoms with Gasteiger partial charge < -0.3 is 15.7 Å². The molecule has 0 aliphatic carbocycles.